The predicted octanol–water partition coefficient (Wildman–Crippen LogP) is 6.64. The van der Waals surface area contributed by atoms with Gasteiger partial charge in [0.15, 0.2) is 17.0 Å². The van der Waals surface area contributed by atoms with Crippen LogP contribution in [-0.4, -0.2) is 27.3 Å². The van der Waals surface area contributed by atoms with E-state index in [0.717, 1.165) is 32.2 Å². The fourth-order valence-corrected chi connectivity index (χ4v) is 3.69. The highest BCUT2D eigenvalue weighted by Crippen LogP contribution is 2.32. The molecule has 0 atom stereocenters. The van der Waals surface area contributed by atoms with Crippen LogP contribution in [0, 0.1) is 0 Å². The van der Waals surface area contributed by atoms with E-state index in [2.05, 4.69) is 15.3 Å². The van der Waals surface area contributed by atoms with Crippen molar-refractivity contribution >= 4 is 22.8 Å². The number of pyridine rings is 1. The van der Waals surface area contributed by atoms with Crippen molar-refractivity contribution in [3.05, 3.63) is 82.7 Å². The maximum Gasteiger partial charge on any atom is 0.416 e. The Hall–Kier alpha value is -4.22. The van der Waals surface area contributed by atoms with Crippen LogP contribution in [0.4, 0.5) is 26.3 Å². The van der Waals surface area contributed by atoms with Crippen LogP contribution in [0.15, 0.2) is 59.1 Å². The third-order valence-electron chi connectivity index (χ3n) is 5.75. The molecule has 0 aliphatic carbocycles. The maximum absolute atomic E-state index is 13.7. The number of hydrogen-bond donors (Lipinski definition) is 1. The lowest BCUT2D eigenvalue weighted by Gasteiger charge is -2.15. The molecule has 0 aliphatic rings. The number of alkyl halides is 6. The number of amides is 1. The van der Waals surface area contributed by atoms with Crippen LogP contribution in [0.2, 0.25) is 0 Å². The van der Waals surface area contributed by atoms with E-state index in [0.29, 0.717) is 16.6 Å². The van der Waals surface area contributed by atoms with E-state index in [4.69, 9.17) is 4.42 Å². The van der Waals surface area contributed by atoms with Gasteiger partial charge in [0.05, 0.1) is 5.56 Å². The molecule has 39 heavy (non-hydrogen) atoms. The second kappa shape index (κ2) is 10.5. The first kappa shape index (κ1) is 27.8. The molecule has 1 N–H and O–H groups in total. The number of aromatic nitrogens is 2. The first-order valence-corrected chi connectivity index (χ1v) is 11.6. The van der Waals surface area contributed by atoms with Gasteiger partial charge < -0.3 is 9.73 Å². The molecular weight excluding hydrogens is 528 g/mol. The molecule has 0 spiro atoms. The Morgan fingerprint density at radius 2 is 1.67 bits per heavy atom. The SMILES string of the molecule is CC(C)(F)C(=O)NCc1cnc(C(F)F)c(C(=O)Cc2ccc3nc(-c4ccc(C(F)(F)F)cc4)oc3c2)c1. The van der Waals surface area contributed by atoms with Gasteiger partial charge in [-0.05, 0) is 67.4 Å². The molecule has 0 aliphatic heterocycles. The zero-order valence-corrected chi connectivity index (χ0v) is 20.6. The number of benzene rings is 2. The summed E-state index contributed by atoms with van der Waals surface area (Å²) in [6.45, 7) is 1.90. The number of nitrogens with one attached hydrogen (secondary N) is 1. The quantitative estimate of drug-likeness (QED) is 0.197. The molecule has 6 nitrogen and oxygen atoms in total. The molecule has 0 unspecified atom stereocenters. The number of carbonyl (C=O) groups is 2. The average molecular weight is 549 g/mol. The van der Waals surface area contributed by atoms with E-state index in [1.165, 1.54) is 30.3 Å². The Labute approximate surface area is 218 Å². The number of nitrogens with zero attached hydrogens (tertiary/aromatic N) is 2. The second-order valence-corrected chi connectivity index (χ2v) is 9.23. The number of Topliss-reactive ketones (excluding diaryl/α,β-unsaturated/α-hetero) is 1. The molecule has 2 aromatic heterocycles. The van der Waals surface area contributed by atoms with Gasteiger partial charge in [-0.2, -0.15) is 13.2 Å². The highest BCUT2D eigenvalue weighted by atomic mass is 19.4. The molecule has 0 fully saturated rings. The molecular formula is C27H21F6N3O3. The summed E-state index contributed by atoms with van der Waals surface area (Å²) in [6, 6.07) is 9.99. The lowest BCUT2D eigenvalue weighted by atomic mass is 10.00. The molecule has 0 saturated carbocycles. The van der Waals surface area contributed by atoms with Gasteiger partial charge in [0, 0.05) is 30.3 Å². The van der Waals surface area contributed by atoms with E-state index in [1.54, 1.807) is 6.07 Å². The molecule has 4 rings (SSSR count). The fourth-order valence-electron chi connectivity index (χ4n) is 3.69. The summed E-state index contributed by atoms with van der Waals surface area (Å²) in [5.74, 6) is -1.53. The summed E-state index contributed by atoms with van der Waals surface area (Å²) < 4.78 is 85.0. The summed E-state index contributed by atoms with van der Waals surface area (Å²) in [5.41, 5.74) is -2.49. The lowest BCUT2D eigenvalue weighted by molar-refractivity contribution is -0.137. The van der Waals surface area contributed by atoms with E-state index < -0.39 is 41.2 Å². The van der Waals surface area contributed by atoms with E-state index in [1.807, 2.05) is 0 Å². The van der Waals surface area contributed by atoms with Crippen molar-refractivity contribution < 1.29 is 40.3 Å². The maximum atomic E-state index is 13.7. The number of hydrogen-bond acceptors (Lipinski definition) is 5. The van der Waals surface area contributed by atoms with Crippen molar-refractivity contribution in [2.24, 2.45) is 0 Å². The summed E-state index contributed by atoms with van der Waals surface area (Å²) in [7, 11) is 0. The highest BCUT2D eigenvalue weighted by molar-refractivity contribution is 5.99. The molecule has 2 heterocycles. The average Bonchev–Trinajstić information content (AvgIpc) is 3.29. The van der Waals surface area contributed by atoms with Crippen molar-refractivity contribution in [1.29, 1.82) is 0 Å². The molecule has 1 amide bonds. The predicted molar refractivity (Wildman–Crippen MR) is 129 cm³/mol. The number of ketones is 1. The van der Waals surface area contributed by atoms with Crippen LogP contribution in [0.25, 0.3) is 22.6 Å². The summed E-state index contributed by atoms with van der Waals surface area (Å²) in [6.07, 6.45) is -6.76. The number of fused-ring (bicyclic) bond motifs is 1. The van der Waals surface area contributed by atoms with Crippen molar-refractivity contribution in [3.8, 4) is 11.5 Å². The van der Waals surface area contributed by atoms with E-state index in [-0.39, 0.29) is 35.6 Å². The largest absolute Gasteiger partial charge is 0.436 e. The number of oxazole rings is 1. The van der Waals surface area contributed by atoms with E-state index >= 15 is 0 Å². The normalized spacial score (nSPS) is 12.2. The Morgan fingerprint density at radius 3 is 2.28 bits per heavy atom. The van der Waals surface area contributed by atoms with Gasteiger partial charge in [0.25, 0.3) is 12.3 Å². The Balaban J connectivity index is 1.55. The number of halogens is 6. The van der Waals surface area contributed by atoms with Crippen LogP contribution in [0.3, 0.4) is 0 Å². The van der Waals surface area contributed by atoms with Crippen molar-refractivity contribution in [2.75, 3.05) is 0 Å². The third-order valence-corrected chi connectivity index (χ3v) is 5.75. The van der Waals surface area contributed by atoms with E-state index in [9.17, 15) is 35.9 Å². The second-order valence-electron chi connectivity index (χ2n) is 9.23. The number of carbonyl (C=O) groups excluding carboxylic acids is 2. The Morgan fingerprint density at radius 1 is 0.974 bits per heavy atom. The number of rotatable bonds is 8. The molecule has 0 radical (unpaired) electrons. The molecule has 0 bridgehead atoms. The van der Waals surface area contributed by atoms with Crippen LogP contribution >= 0.6 is 0 Å². The molecule has 12 heteroatoms. The Bertz CT molecular complexity index is 1520. The molecule has 2 aromatic carbocycles. The zero-order valence-electron chi connectivity index (χ0n) is 20.6. The van der Waals surface area contributed by atoms with Crippen molar-refractivity contribution in [2.45, 2.75) is 45.1 Å². The van der Waals surface area contributed by atoms with Gasteiger partial charge in [-0.15, -0.1) is 0 Å². The minimum Gasteiger partial charge on any atom is -0.436 e. The minimum atomic E-state index is -4.49. The van der Waals surface area contributed by atoms with Gasteiger partial charge in [-0.1, -0.05) is 6.07 Å². The third kappa shape index (κ3) is 6.44. The van der Waals surface area contributed by atoms with Gasteiger partial charge in [0.1, 0.15) is 11.2 Å². The standard InChI is InChI=1S/C27H21F6N3O3/c1-26(2,30)25(38)35-13-15-9-18(22(23(28)29)34-12-15)20(37)10-14-3-8-19-21(11-14)39-24(36-19)16-4-6-17(7-5-16)27(31,32)33/h3-9,11-12,23H,10,13H2,1-2H3,(H,35,38). The molecule has 204 valence electrons. The first-order valence-electron chi connectivity index (χ1n) is 11.6. The zero-order chi connectivity index (χ0) is 28.5. The molecule has 0 saturated heterocycles. The Kier molecular flexibility index (Phi) is 7.49. The van der Waals surface area contributed by atoms with Crippen LogP contribution < -0.4 is 5.32 Å². The highest BCUT2D eigenvalue weighted by Gasteiger charge is 2.30. The van der Waals surface area contributed by atoms with Crippen LogP contribution in [0.1, 0.15) is 53.0 Å². The van der Waals surface area contributed by atoms with Crippen molar-refractivity contribution in [3.63, 3.8) is 0 Å². The van der Waals surface area contributed by atoms with Gasteiger partial charge in [0.2, 0.25) is 5.89 Å². The summed E-state index contributed by atoms with van der Waals surface area (Å²) in [5, 5.41) is 2.32. The van der Waals surface area contributed by atoms with Crippen LogP contribution in [-0.2, 0) is 23.9 Å². The lowest BCUT2D eigenvalue weighted by Crippen LogP contribution is -2.38. The smallest absolute Gasteiger partial charge is 0.416 e. The summed E-state index contributed by atoms with van der Waals surface area (Å²) in [4.78, 5) is 32.7. The molecule has 4 aromatic rings. The monoisotopic (exact) mass is 549 g/mol. The minimum absolute atomic E-state index is 0.0672. The van der Waals surface area contributed by atoms with Gasteiger partial charge in [-0.3, -0.25) is 14.6 Å². The summed E-state index contributed by atoms with van der Waals surface area (Å²) >= 11 is 0. The van der Waals surface area contributed by atoms with Crippen LogP contribution in [0.5, 0.6) is 0 Å². The van der Waals surface area contributed by atoms with Gasteiger partial charge in [-0.25, -0.2) is 18.2 Å². The van der Waals surface area contributed by atoms with Crippen molar-refractivity contribution in [1.82, 2.24) is 15.3 Å². The topological polar surface area (TPSA) is 85.1 Å². The van der Waals surface area contributed by atoms with Gasteiger partial charge >= 0.3 is 6.18 Å². The fraction of sp³-hybridized carbons (Fsp3) is 0.259. The first-order chi connectivity index (χ1) is 18.2.